The Morgan fingerprint density at radius 2 is 1.86 bits per heavy atom. The number of rotatable bonds is 7. The number of aromatic nitrogens is 2. The van der Waals surface area contributed by atoms with E-state index in [1.54, 1.807) is 19.2 Å². The molecule has 0 unspecified atom stereocenters. The highest BCUT2D eigenvalue weighted by atomic mass is 16.5. The largest absolute Gasteiger partial charge is 0.495 e. The number of amides is 1. The Kier molecular flexibility index (Phi) is 6.65. The Morgan fingerprint density at radius 3 is 2.50 bits per heavy atom. The van der Waals surface area contributed by atoms with E-state index in [4.69, 9.17) is 4.74 Å². The van der Waals surface area contributed by atoms with Crippen molar-refractivity contribution in [3.05, 3.63) is 42.1 Å². The summed E-state index contributed by atoms with van der Waals surface area (Å²) in [6.07, 6.45) is 0. The van der Waals surface area contributed by atoms with E-state index in [-0.39, 0.29) is 5.91 Å². The molecule has 1 amide bonds. The van der Waals surface area contributed by atoms with E-state index < -0.39 is 0 Å². The smallest absolute Gasteiger partial charge is 0.274 e. The van der Waals surface area contributed by atoms with Crippen LogP contribution in [0.1, 0.15) is 10.5 Å². The number of carbonyl (C=O) groups is 1. The number of nitrogens with zero attached hydrogens (tertiary/aromatic N) is 5. The molecule has 1 N–H and O–H groups in total. The van der Waals surface area contributed by atoms with Crippen LogP contribution in [0, 0.1) is 0 Å². The minimum absolute atomic E-state index is 0.0768. The second-order valence-electron chi connectivity index (χ2n) is 6.98. The standard InChI is InChI=1S/C20H28N6O2/c1-24(2)11-10-21-19-9-8-16(22-23-19)20(27)26-14-12-25(13-15-26)17-6-4-5-7-18(17)28-3/h4-9H,10-15H2,1-3H3,(H,21,23). The average Bonchev–Trinajstić information content (AvgIpc) is 2.73. The molecule has 150 valence electrons. The van der Waals surface area contributed by atoms with Crippen LogP contribution in [0.5, 0.6) is 5.75 Å². The molecule has 0 aliphatic carbocycles. The van der Waals surface area contributed by atoms with Crippen molar-refractivity contribution in [1.29, 1.82) is 0 Å². The van der Waals surface area contributed by atoms with Crippen molar-refractivity contribution in [2.45, 2.75) is 0 Å². The summed E-state index contributed by atoms with van der Waals surface area (Å²) in [5.41, 5.74) is 1.44. The molecule has 1 aromatic carbocycles. The highest BCUT2D eigenvalue weighted by molar-refractivity contribution is 5.92. The number of anilines is 2. The van der Waals surface area contributed by atoms with Gasteiger partial charge in [0, 0.05) is 39.3 Å². The summed E-state index contributed by atoms with van der Waals surface area (Å²) in [6.45, 7) is 4.47. The van der Waals surface area contributed by atoms with Crippen molar-refractivity contribution >= 4 is 17.4 Å². The van der Waals surface area contributed by atoms with Crippen LogP contribution in [-0.4, -0.2) is 86.4 Å². The SMILES string of the molecule is COc1ccccc1N1CCN(C(=O)c2ccc(NCCN(C)C)nn2)CC1. The van der Waals surface area contributed by atoms with Crippen molar-refractivity contribution in [2.24, 2.45) is 0 Å². The van der Waals surface area contributed by atoms with Gasteiger partial charge >= 0.3 is 0 Å². The number of ether oxygens (including phenoxy) is 1. The van der Waals surface area contributed by atoms with E-state index in [1.165, 1.54) is 0 Å². The number of methoxy groups -OCH3 is 1. The predicted octanol–water partition coefficient (Wildman–Crippen LogP) is 1.42. The van der Waals surface area contributed by atoms with Gasteiger partial charge in [0.1, 0.15) is 11.6 Å². The molecular weight excluding hydrogens is 356 g/mol. The van der Waals surface area contributed by atoms with Crippen molar-refractivity contribution in [2.75, 3.05) is 70.7 Å². The van der Waals surface area contributed by atoms with Crippen molar-refractivity contribution in [3.8, 4) is 5.75 Å². The Labute approximate surface area is 166 Å². The van der Waals surface area contributed by atoms with Gasteiger partial charge in [0.15, 0.2) is 5.69 Å². The summed E-state index contributed by atoms with van der Waals surface area (Å²) < 4.78 is 5.45. The van der Waals surface area contributed by atoms with Crippen molar-refractivity contribution in [1.82, 2.24) is 20.0 Å². The molecule has 2 heterocycles. The van der Waals surface area contributed by atoms with E-state index in [1.807, 2.05) is 43.3 Å². The molecule has 8 nitrogen and oxygen atoms in total. The number of piperazine rings is 1. The minimum atomic E-state index is -0.0768. The Hall–Kier alpha value is -2.87. The Bertz CT molecular complexity index is 773. The molecule has 0 atom stereocenters. The van der Waals surface area contributed by atoms with Crippen LogP contribution in [0.2, 0.25) is 0 Å². The van der Waals surface area contributed by atoms with E-state index in [0.29, 0.717) is 24.6 Å². The zero-order chi connectivity index (χ0) is 19.9. The molecule has 0 saturated carbocycles. The van der Waals surface area contributed by atoms with Gasteiger partial charge in [0.2, 0.25) is 0 Å². The number of para-hydroxylation sites is 2. The average molecular weight is 384 g/mol. The lowest BCUT2D eigenvalue weighted by atomic mass is 10.2. The third-order valence-electron chi connectivity index (χ3n) is 4.74. The van der Waals surface area contributed by atoms with E-state index in [2.05, 4.69) is 25.3 Å². The molecule has 1 fully saturated rings. The summed E-state index contributed by atoms with van der Waals surface area (Å²) in [6, 6.07) is 11.5. The monoisotopic (exact) mass is 384 g/mol. The first-order valence-electron chi connectivity index (χ1n) is 9.48. The Morgan fingerprint density at radius 1 is 1.11 bits per heavy atom. The highest BCUT2D eigenvalue weighted by Gasteiger charge is 2.24. The van der Waals surface area contributed by atoms with Gasteiger partial charge in [-0.3, -0.25) is 4.79 Å². The van der Waals surface area contributed by atoms with Gasteiger partial charge in [-0.15, -0.1) is 10.2 Å². The summed E-state index contributed by atoms with van der Waals surface area (Å²) in [4.78, 5) is 18.9. The number of hydrogen-bond acceptors (Lipinski definition) is 7. The van der Waals surface area contributed by atoms with Crippen molar-refractivity contribution in [3.63, 3.8) is 0 Å². The molecule has 1 aromatic heterocycles. The fourth-order valence-electron chi connectivity index (χ4n) is 3.15. The zero-order valence-corrected chi connectivity index (χ0v) is 16.8. The maximum atomic E-state index is 12.7. The summed E-state index contributed by atoms with van der Waals surface area (Å²) >= 11 is 0. The lowest BCUT2D eigenvalue weighted by Crippen LogP contribution is -2.49. The summed E-state index contributed by atoms with van der Waals surface area (Å²) in [5.74, 6) is 1.46. The molecule has 3 rings (SSSR count). The van der Waals surface area contributed by atoms with Crippen LogP contribution in [0.3, 0.4) is 0 Å². The van der Waals surface area contributed by atoms with Gasteiger partial charge in [0.25, 0.3) is 5.91 Å². The number of likely N-dealkylation sites (N-methyl/N-ethyl adjacent to an activating group) is 1. The second-order valence-corrected chi connectivity index (χ2v) is 6.98. The van der Waals surface area contributed by atoms with Gasteiger partial charge in [-0.05, 0) is 38.4 Å². The second kappa shape index (κ2) is 9.36. The van der Waals surface area contributed by atoms with Gasteiger partial charge in [0.05, 0.1) is 12.8 Å². The minimum Gasteiger partial charge on any atom is -0.495 e. The topological polar surface area (TPSA) is 73.8 Å². The summed E-state index contributed by atoms with van der Waals surface area (Å²) in [5, 5.41) is 11.4. The van der Waals surface area contributed by atoms with Crippen LogP contribution in [0.4, 0.5) is 11.5 Å². The molecular formula is C20H28N6O2. The van der Waals surface area contributed by atoms with Crippen LogP contribution in [0.15, 0.2) is 36.4 Å². The third-order valence-corrected chi connectivity index (χ3v) is 4.74. The van der Waals surface area contributed by atoms with Crippen LogP contribution in [-0.2, 0) is 0 Å². The fourth-order valence-corrected chi connectivity index (χ4v) is 3.15. The predicted molar refractivity (Wildman–Crippen MR) is 110 cm³/mol. The van der Waals surface area contributed by atoms with E-state index >= 15 is 0 Å². The maximum Gasteiger partial charge on any atom is 0.274 e. The lowest BCUT2D eigenvalue weighted by Gasteiger charge is -2.36. The fraction of sp³-hybridized carbons (Fsp3) is 0.450. The van der Waals surface area contributed by atoms with E-state index in [0.717, 1.165) is 37.6 Å². The first-order valence-corrected chi connectivity index (χ1v) is 9.48. The molecule has 0 radical (unpaired) electrons. The number of nitrogens with one attached hydrogen (secondary N) is 1. The first kappa shape index (κ1) is 19.9. The van der Waals surface area contributed by atoms with Gasteiger partial charge < -0.3 is 24.8 Å². The maximum absolute atomic E-state index is 12.7. The third kappa shape index (κ3) is 4.89. The van der Waals surface area contributed by atoms with Crippen LogP contribution >= 0.6 is 0 Å². The zero-order valence-electron chi connectivity index (χ0n) is 16.8. The van der Waals surface area contributed by atoms with E-state index in [9.17, 15) is 4.79 Å². The van der Waals surface area contributed by atoms with Crippen molar-refractivity contribution < 1.29 is 9.53 Å². The molecule has 1 aliphatic heterocycles. The quantitative estimate of drug-likeness (QED) is 0.774. The van der Waals surface area contributed by atoms with Crippen LogP contribution < -0.4 is 15.0 Å². The summed E-state index contributed by atoms with van der Waals surface area (Å²) in [7, 11) is 5.71. The molecule has 8 heteroatoms. The molecule has 28 heavy (non-hydrogen) atoms. The highest BCUT2D eigenvalue weighted by Crippen LogP contribution is 2.28. The number of benzene rings is 1. The molecule has 0 spiro atoms. The molecule has 2 aromatic rings. The van der Waals surface area contributed by atoms with Gasteiger partial charge in [-0.2, -0.15) is 0 Å². The molecule has 1 saturated heterocycles. The number of hydrogen-bond donors (Lipinski definition) is 1. The van der Waals surface area contributed by atoms with Crippen LogP contribution in [0.25, 0.3) is 0 Å². The van der Waals surface area contributed by atoms with Gasteiger partial charge in [-0.25, -0.2) is 0 Å². The normalized spacial score (nSPS) is 14.3. The Balaban J connectivity index is 1.55. The van der Waals surface area contributed by atoms with Gasteiger partial charge in [-0.1, -0.05) is 12.1 Å². The number of carbonyl (C=O) groups excluding carboxylic acids is 1. The lowest BCUT2D eigenvalue weighted by molar-refractivity contribution is 0.0739. The molecule has 1 aliphatic rings. The first-order chi connectivity index (χ1) is 13.6. The molecule has 0 bridgehead atoms.